The molecule has 1 unspecified atom stereocenters. The van der Waals surface area contributed by atoms with Crippen LogP contribution >= 0.6 is 11.6 Å². The topological polar surface area (TPSA) is 21.3 Å². The zero-order valence-electron chi connectivity index (χ0n) is 12.2. The first-order chi connectivity index (χ1) is 9.63. The lowest BCUT2D eigenvalue weighted by Gasteiger charge is -2.39. The number of benzene rings is 1. The summed E-state index contributed by atoms with van der Waals surface area (Å²) in [5, 5.41) is 3.89. The lowest BCUT2D eigenvalue weighted by molar-refractivity contribution is -0.0523. The van der Waals surface area contributed by atoms with E-state index in [-0.39, 0.29) is 17.5 Å². The monoisotopic (exact) mass is 299 g/mol. The second-order valence-electron chi connectivity index (χ2n) is 5.57. The highest BCUT2D eigenvalue weighted by Crippen LogP contribution is 2.42. The third kappa shape index (κ3) is 3.16. The van der Waals surface area contributed by atoms with E-state index in [0.717, 1.165) is 31.2 Å². The maximum atomic E-state index is 13.6. The Morgan fingerprint density at radius 1 is 1.25 bits per heavy atom. The number of hydrogen-bond acceptors (Lipinski definition) is 2. The van der Waals surface area contributed by atoms with Crippen molar-refractivity contribution in [2.45, 2.75) is 50.2 Å². The maximum Gasteiger partial charge on any atom is 0.123 e. The molecule has 0 heterocycles. The number of rotatable bonds is 4. The molecular weight excluding hydrogens is 277 g/mol. The molecule has 4 heteroatoms. The molecule has 0 spiro atoms. The van der Waals surface area contributed by atoms with Crippen molar-refractivity contribution >= 4 is 11.6 Å². The van der Waals surface area contributed by atoms with E-state index in [1.165, 1.54) is 25.0 Å². The molecule has 0 amide bonds. The molecule has 0 aliphatic heterocycles. The summed E-state index contributed by atoms with van der Waals surface area (Å²) < 4.78 is 19.5. The van der Waals surface area contributed by atoms with Crippen LogP contribution in [0.15, 0.2) is 18.2 Å². The Labute approximate surface area is 125 Å². The number of hydrogen-bond donors (Lipinski definition) is 1. The molecule has 2 rings (SSSR count). The highest BCUT2D eigenvalue weighted by Gasteiger charge is 2.40. The van der Waals surface area contributed by atoms with Gasteiger partial charge in [-0.15, -0.1) is 0 Å². The lowest BCUT2D eigenvalue weighted by Crippen LogP contribution is -2.44. The van der Waals surface area contributed by atoms with Crippen LogP contribution < -0.4 is 5.32 Å². The van der Waals surface area contributed by atoms with Gasteiger partial charge in [-0.05, 0) is 43.7 Å². The first kappa shape index (κ1) is 15.7. The molecule has 1 N–H and O–H groups in total. The van der Waals surface area contributed by atoms with Gasteiger partial charge in [0.1, 0.15) is 5.82 Å². The van der Waals surface area contributed by atoms with Gasteiger partial charge in [-0.25, -0.2) is 4.39 Å². The Morgan fingerprint density at radius 2 is 1.90 bits per heavy atom. The van der Waals surface area contributed by atoms with Crippen LogP contribution in [0, 0.1) is 5.82 Å². The normalized spacial score (nSPS) is 20.4. The second-order valence-corrected chi connectivity index (χ2v) is 5.98. The minimum Gasteiger partial charge on any atom is -0.376 e. The van der Waals surface area contributed by atoms with Crippen molar-refractivity contribution in [1.82, 2.24) is 5.32 Å². The summed E-state index contributed by atoms with van der Waals surface area (Å²) >= 11 is 6.29. The summed E-state index contributed by atoms with van der Waals surface area (Å²) in [6, 6.07) is 4.45. The molecule has 0 saturated heterocycles. The fraction of sp³-hybridized carbons (Fsp3) is 0.625. The van der Waals surface area contributed by atoms with E-state index in [4.69, 9.17) is 16.3 Å². The van der Waals surface area contributed by atoms with Gasteiger partial charge in [0.2, 0.25) is 0 Å². The number of methoxy groups -OCH3 is 1. The Balaban J connectivity index is 2.40. The SMILES string of the molecule is CNC(c1cc(F)ccc1Cl)C1(OC)CCCCCC1. The minimum atomic E-state index is -0.303. The molecule has 1 aliphatic carbocycles. The van der Waals surface area contributed by atoms with E-state index in [2.05, 4.69) is 5.32 Å². The quantitative estimate of drug-likeness (QED) is 0.828. The van der Waals surface area contributed by atoms with Gasteiger partial charge in [0.25, 0.3) is 0 Å². The van der Waals surface area contributed by atoms with E-state index in [1.807, 2.05) is 7.05 Å². The molecule has 1 fully saturated rings. The standard InChI is InChI=1S/C16H23ClFNO/c1-19-15(13-11-12(18)7-8-14(13)17)16(20-2)9-5-3-4-6-10-16/h7-8,11,15,19H,3-6,9-10H2,1-2H3. The van der Waals surface area contributed by atoms with Crippen molar-refractivity contribution in [2.24, 2.45) is 0 Å². The van der Waals surface area contributed by atoms with Gasteiger partial charge in [0, 0.05) is 12.1 Å². The Morgan fingerprint density at radius 3 is 2.45 bits per heavy atom. The molecule has 0 bridgehead atoms. The molecule has 112 valence electrons. The van der Waals surface area contributed by atoms with Crippen LogP contribution in [0.3, 0.4) is 0 Å². The van der Waals surface area contributed by atoms with Gasteiger partial charge in [0.05, 0.1) is 11.6 Å². The van der Waals surface area contributed by atoms with Crippen LogP contribution in [0.1, 0.15) is 50.1 Å². The highest BCUT2D eigenvalue weighted by atomic mass is 35.5. The third-order valence-corrected chi connectivity index (χ3v) is 4.78. The first-order valence-corrected chi connectivity index (χ1v) is 7.68. The summed E-state index contributed by atoms with van der Waals surface area (Å²) in [5.41, 5.74) is 0.487. The Kier molecular flexibility index (Phi) is 5.42. The fourth-order valence-electron chi connectivity index (χ4n) is 3.38. The third-order valence-electron chi connectivity index (χ3n) is 4.44. The molecule has 1 aromatic carbocycles. The number of halogens is 2. The zero-order valence-corrected chi connectivity index (χ0v) is 13.0. The van der Waals surface area contributed by atoms with Gasteiger partial charge in [-0.1, -0.05) is 37.3 Å². The van der Waals surface area contributed by atoms with Crippen molar-refractivity contribution in [2.75, 3.05) is 14.2 Å². The van der Waals surface area contributed by atoms with E-state index < -0.39 is 0 Å². The Hall–Kier alpha value is -0.640. The van der Waals surface area contributed by atoms with E-state index >= 15 is 0 Å². The molecule has 2 nitrogen and oxygen atoms in total. The number of likely N-dealkylation sites (N-methyl/N-ethyl adjacent to an activating group) is 1. The van der Waals surface area contributed by atoms with E-state index in [0.29, 0.717) is 5.02 Å². The molecule has 20 heavy (non-hydrogen) atoms. The largest absolute Gasteiger partial charge is 0.376 e. The van der Waals surface area contributed by atoms with Crippen molar-refractivity contribution < 1.29 is 9.13 Å². The minimum absolute atomic E-state index is 0.0891. The number of nitrogens with one attached hydrogen (secondary N) is 1. The summed E-state index contributed by atoms with van der Waals surface area (Å²) in [4.78, 5) is 0. The fourth-order valence-corrected chi connectivity index (χ4v) is 3.60. The maximum absolute atomic E-state index is 13.6. The predicted octanol–water partition coefficient (Wildman–Crippen LogP) is 4.48. The van der Waals surface area contributed by atoms with Crippen molar-refractivity contribution in [3.63, 3.8) is 0 Å². The van der Waals surface area contributed by atoms with Gasteiger partial charge < -0.3 is 10.1 Å². The molecule has 1 aliphatic rings. The van der Waals surface area contributed by atoms with E-state index in [9.17, 15) is 4.39 Å². The average Bonchev–Trinajstić information content (AvgIpc) is 2.70. The summed E-state index contributed by atoms with van der Waals surface area (Å²) in [5.74, 6) is -0.260. The van der Waals surface area contributed by atoms with Crippen molar-refractivity contribution in [3.8, 4) is 0 Å². The van der Waals surface area contributed by atoms with E-state index in [1.54, 1.807) is 13.2 Å². The van der Waals surface area contributed by atoms with Gasteiger partial charge in [-0.3, -0.25) is 0 Å². The summed E-state index contributed by atoms with van der Waals surface area (Å²) in [7, 11) is 3.64. The molecule has 0 aromatic heterocycles. The van der Waals surface area contributed by atoms with Crippen LogP contribution in [0.2, 0.25) is 5.02 Å². The first-order valence-electron chi connectivity index (χ1n) is 7.30. The molecule has 0 radical (unpaired) electrons. The molecule has 1 atom stereocenters. The molecule has 1 aromatic rings. The van der Waals surface area contributed by atoms with Crippen LogP contribution in [0.5, 0.6) is 0 Å². The van der Waals surface area contributed by atoms with Gasteiger partial charge in [0.15, 0.2) is 0 Å². The summed E-state index contributed by atoms with van der Waals surface area (Å²) in [6.45, 7) is 0. The van der Waals surface area contributed by atoms with Gasteiger partial charge in [-0.2, -0.15) is 0 Å². The zero-order chi connectivity index (χ0) is 14.6. The highest BCUT2D eigenvalue weighted by molar-refractivity contribution is 6.31. The van der Waals surface area contributed by atoms with Crippen LogP contribution in [-0.2, 0) is 4.74 Å². The van der Waals surface area contributed by atoms with Crippen LogP contribution in [0.4, 0.5) is 4.39 Å². The van der Waals surface area contributed by atoms with Crippen molar-refractivity contribution in [1.29, 1.82) is 0 Å². The molecular formula is C16H23ClFNO. The smallest absolute Gasteiger partial charge is 0.123 e. The second kappa shape index (κ2) is 6.88. The van der Waals surface area contributed by atoms with Gasteiger partial charge >= 0.3 is 0 Å². The number of ether oxygens (including phenoxy) is 1. The summed E-state index contributed by atoms with van der Waals surface area (Å²) in [6.07, 6.45) is 6.69. The molecule has 1 saturated carbocycles. The van der Waals surface area contributed by atoms with Crippen molar-refractivity contribution in [3.05, 3.63) is 34.6 Å². The Bertz CT molecular complexity index is 444. The lowest BCUT2D eigenvalue weighted by atomic mass is 9.82. The predicted molar refractivity (Wildman–Crippen MR) is 80.7 cm³/mol. The average molecular weight is 300 g/mol. The van der Waals surface area contributed by atoms with Crippen LogP contribution in [-0.4, -0.2) is 19.8 Å². The van der Waals surface area contributed by atoms with Crippen LogP contribution in [0.25, 0.3) is 0 Å².